The highest BCUT2D eigenvalue weighted by Crippen LogP contribution is 2.35. The summed E-state index contributed by atoms with van der Waals surface area (Å²) in [4.78, 5) is 12.4. The second kappa shape index (κ2) is 5.23. The number of aromatic nitrogens is 4. The smallest absolute Gasteiger partial charge is 0.185 e. The van der Waals surface area contributed by atoms with E-state index in [9.17, 15) is 4.79 Å². The van der Waals surface area contributed by atoms with Crippen molar-refractivity contribution in [1.82, 2.24) is 19.8 Å². The number of aryl methyl sites for hydroxylation is 1. The number of benzene rings is 1. The van der Waals surface area contributed by atoms with Crippen LogP contribution in [0.5, 0.6) is 0 Å². The van der Waals surface area contributed by atoms with Crippen molar-refractivity contribution in [2.24, 2.45) is 5.41 Å². The van der Waals surface area contributed by atoms with Crippen molar-refractivity contribution in [2.75, 3.05) is 0 Å². The minimum atomic E-state index is -0.0781. The third-order valence-corrected chi connectivity index (χ3v) is 4.65. The maximum atomic E-state index is 12.4. The number of carbonyl (C=O) groups excluding carboxylic acids is 1. The average Bonchev–Trinajstić information content (AvgIpc) is 2.93. The molecule has 0 bridgehead atoms. The van der Waals surface area contributed by atoms with Crippen LogP contribution in [0.1, 0.15) is 49.1 Å². The Bertz CT molecular complexity index is 941. The van der Waals surface area contributed by atoms with Crippen molar-refractivity contribution in [1.29, 1.82) is 0 Å². The van der Waals surface area contributed by atoms with Gasteiger partial charge in [0, 0.05) is 6.42 Å². The molecule has 0 N–H and O–H groups in total. The van der Waals surface area contributed by atoms with Crippen molar-refractivity contribution in [3.63, 3.8) is 0 Å². The zero-order valence-corrected chi connectivity index (χ0v) is 14.2. The summed E-state index contributed by atoms with van der Waals surface area (Å²) in [5.74, 6) is 0.0606. The standard InChI is InChI=1S/C19H20N4O/c1-4-13-16(12-8-6-5-7-9-12)18-21-20-17-14(23(18)22-13)10-19(2,3)11-15(17)24/h5-9H,4,10-11H2,1-3H3. The third-order valence-electron chi connectivity index (χ3n) is 4.65. The van der Waals surface area contributed by atoms with Gasteiger partial charge in [0.1, 0.15) is 0 Å². The molecule has 0 fully saturated rings. The fourth-order valence-electron chi connectivity index (χ4n) is 3.55. The van der Waals surface area contributed by atoms with Gasteiger partial charge in [-0.1, -0.05) is 51.1 Å². The number of hydrogen-bond acceptors (Lipinski definition) is 4. The predicted molar refractivity (Wildman–Crippen MR) is 92.0 cm³/mol. The lowest BCUT2D eigenvalue weighted by Crippen LogP contribution is -2.30. The Balaban J connectivity index is 2.02. The van der Waals surface area contributed by atoms with Gasteiger partial charge in [-0.3, -0.25) is 4.79 Å². The normalized spacial score (nSPS) is 16.4. The number of hydrogen-bond donors (Lipinski definition) is 0. The molecule has 1 aliphatic rings. The van der Waals surface area contributed by atoms with E-state index in [0.717, 1.165) is 41.0 Å². The molecule has 0 spiro atoms. The lowest BCUT2D eigenvalue weighted by Gasteiger charge is -2.29. The van der Waals surface area contributed by atoms with Crippen LogP contribution < -0.4 is 0 Å². The highest BCUT2D eigenvalue weighted by molar-refractivity contribution is 5.97. The molecule has 5 nitrogen and oxygen atoms in total. The van der Waals surface area contributed by atoms with Crippen molar-refractivity contribution in [3.05, 3.63) is 47.4 Å². The molecule has 0 radical (unpaired) electrons. The first-order valence-electron chi connectivity index (χ1n) is 8.36. The summed E-state index contributed by atoms with van der Waals surface area (Å²) in [6.07, 6.45) is 2.09. The van der Waals surface area contributed by atoms with Crippen LogP contribution in [0.4, 0.5) is 0 Å². The van der Waals surface area contributed by atoms with Crippen molar-refractivity contribution in [2.45, 2.75) is 40.0 Å². The summed E-state index contributed by atoms with van der Waals surface area (Å²) in [6, 6.07) is 10.1. The molecule has 0 aliphatic heterocycles. The Morgan fingerprint density at radius 2 is 1.88 bits per heavy atom. The van der Waals surface area contributed by atoms with Crippen molar-refractivity contribution >= 4 is 11.4 Å². The maximum absolute atomic E-state index is 12.4. The Hall–Kier alpha value is -2.56. The highest BCUT2D eigenvalue weighted by atomic mass is 16.1. The molecule has 5 heteroatoms. The van der Waals surface area contributed by atoms with Gasteiger partial charge in [-0.05, 0) is 23.8 Å². The predicted octanol–water partition coefficient (Wildman–Crippen LogP) is 3.51. The van der Waals surface area contributed by atoms with Gasteiger partial charge in [-0.25, -0.2) is 4.52 Å². The lowest BCUT2D eigenvalue weighted by molar-refractivity contribution is 0.0901. The van der Waals surface area contributed by atoms with E-state index >= 15 is 0 Å². The molecule has 0 saturated carbocycles. The summed E-state index contributed by atoms with van der Waals surface area (Å²) in [5, 5.41) is 13.4. The highest BCUT2D eigenvalue weighted by Gasteiger charge is 2.35. The molecular formula is C19H20N4O. The van der Waals surface area contributed by atoms with E-state index in [1.807, 2.05) is 22.7 Å². The summed E-state index contributed by atoms with van der Waals surface area (Å²) < 4.78 is 1.85. The molecule has 3 aromatic rings. The number of fused-ring (bicyclic) bond motifs is 3. The van der Waals surface area contributed by atoms with Gasteiger partial charge in [-0.2, -0.15) is 5.10 Å². The average molecular weight is 320 g/mol. The zero-order valence-electron chi connectivity index (χ0n) is 14.2. The summed E-state index contributed by atoms with van der Waals surface area (Å²) in [5.41, 5.74) is 5.11. The van der Waals surface area contributed by atoms with E-state index in [1.165, 1.54) is 0 Å². The summed E-state index contributed by atoms with van der Waals surface area (Å²) in [7, 11) is 0. The lowest BCUT2D eigenvalue weighted by atomic mass is 9.77. The van der Waals surface area contributed by atoms with Gasteiger partial charge in [0.2, 0.25) is 0 Å². The minimum Gasteiger partial charge on any atom is -0.292 e. The van der Waals surface area contributed by atoms with E-state index in [1.54, 1.807) is 0 Å². The minimum absolute atomic E-state index is 0.0606. The number of Topliss-reactive ketones (excluding diaryl/α,β-unsaturated/α-hetero) is 1. The van der Waals surface area contributed by atoms with Gasteiger partial charge in [0.05, 0.1) is 17.0 Å². The first kappa shape index (κ1) is 15.0. The molecule has 4 rings (SSSR count). The Kier molecular flexibility index (Phi) is 3.27. The molecule has 0 unspecified atom stereocenters. The van der Waals surface area contributed by atoms with Crippen LogP contribution in [0.3, 0.4) is 0 Å². The van der Waals surface area contributed by atoms with Crippen LogP contribution in [0.25, 0.3) is 16.8 Å². The first-order valence-corrected chi connectivity index (χ1v) is 8.36. The van der Waals surface area contributed by atoms with E-state index in [4.69, 9.17) is 5.10 Å². The van der Waals surface area contributed by atoms with Crippen LogP contribution >= 0.6 is 0 Å². The molecule has 0 atom stereocenters. The number of ketones is 1. The fraction of sp³-hybridized carbons (Fsp3) is 0.368. The summed E-state index contributed by atoms with van der Waals surface area (Å²) in [6.45, 7) is 6.31. The van der Waals surface area contributed by atoms with Crippen LogP contribution in [-0.4, -0.2) is 25.6 Å². The second-order valence-electron chi connectivity index (χ2n) is 7.21. The number of rotatable bonds is 2. The van der Waals surface area contributed by atoms with Gasteiger partial charge >= 0.3 is 0 Å². The molecule has 2 aromatic heterocycles. The molecular weight excluding hydrogens is 300 g/mol. The van der Waals surface area contributed by atoms with Crippen molar-refractivity contribution < 1.29 is 4.79 Å². The maximum Gasteiger partial charge on any atom is 0.185 e. The van der Waals surface area contributed by atoms with Gasteiger partial charge < -0.3 is 0 Å². The van der Waals surface area contributed by atoms with Crippen LogP contribution in [0, 0.1) is 5.41 Å². The van der Waals surface area contributed by atoms with Crippen LogP contribution in [0.2, 0.25) is 0 Å². The van der Waals surface area contributed by atoms with E-state index in [0.29, 0.717) is 12.1 Å². The van der Waals surface area contributed by atoms with Crippen LogP contribution in [0.15, 0.2) is 30.3 Å². The van der Waals surface area contributed by atoms with Gasteiger partial charge in [0.25, 0.3) is 0 Å². The van der Waals surface area contributed by atoms with Crippen molar-refractivity contribution in [3.8, 4) is 11.1 Å². The van der Waals surface area contributed by atoms with E-state index < -0.39 is 0 Å². The Morgan fingerprint density at radius 1 is 1.12 bits per heavy atom. The largest absolute Gasteiger partial charge is 0.292 e. The first-order chi connectivity index (χ1) is 11.5. The topological polar surface area (TPSA) is 60.1 Å². The molecule has 0 saturated heterocycles. The number of nitrogens with zero attached hydrogens (tertiary/aromatic N) is 4. The molecule has 1 aromatic carbocycles. The SMILES string of the molecule is CCc1nn2c3c(nnc2c1-c1ccccc1)C(=O)CC(C)(C)C3. The second-order valence-corrected chi connectivity index (χ2v) is 7.21. The number of carbonyl (C=O) groups is 1. The third kappa shape index (κ3) is 2.23. The molecule has 1 aliphatic carbocycles. The molecule has 24 heavy (non-hydrogen) atoms. The zero-order chi connectivity index (χ0) is 16.9. The fourth-order valence-corrected chi connectivity index (χ4v) is 3.55. The summed E-state index contributed by atoms with van der Waals surface area (Å²) >= 11 is 0. The quantitative estimate of drug-likeness (QED) is 0.725. The van der Waals surface area contributed by atoms with Crippen LogP contribution in [-0.2, 0) is 12.8 Å². The van der Waals surface area contributed by atoms with E-state index in [-0.39, 0.29) is 11.2 Å². The molecule has 122 valence electrons. The molecule has 0 amide bonds. The monoisotopic (exact) mass is 320 g/mol. The van der Waals surface area contributed by atoms with E-state index in [2.05, 4.69) is 43.1 Å². The molecule has 2 heterocycles. The van der Waals surface area contributed by atoms with Gasteiger partial charge in [-0.15, -0.1) is 10.2 Å². The van der Waals surface area contributed by atoms with Gasteiger partial charge in [0.15, 0.2) is 17.1 Å². The Labute approximate surface area is 140 Å². The Morgan fingerprint density at radius 3 is 2.58 bits per heavy atom.